The van der Waals surface area contributed by atoms with Crippen molar-refractivity contribution in [3.63, 3.8) is 0 Å². The second-order valence-corrected chi connectivity index (χ2v) is 10.8. The van der Waals surface area contributed by atoms with Crippen LogP contribution in [0.4, 0.5) is 17.6 Å². The van der Waals surface area contributed by atoms with Gasteiger partial charge in [-0.2, -0.15) is 13.2 Å². The summed E-state index contributed by atoms with van der Waals surface area (Å²) in [6.07, 6.45) is 2.75. The molecule has 1 atom stereocenters. The zero-order valence-corrected chi connectivity index (χ0v) is 25.3. The first-order valence-corrected chi connectivity index (χ1v) is 14.7. The van der Waals surface area contributed by atoms with Crippen LogP contribution in [0, 0.1) is 11.7 Å². The van der Waals surface area contributed by atoms with Crippen LogP contribution in [0.3, 0.4) is 0 Å². The quantitative estimate of drug-likeness (QED) is 0.104. The normalized spacial score (nSPS) is 12.3. The number of hydrogen-bond donors (Lipinski definition) is 0. The number of methoxy groups -OCH3 is 2. The van der Waals surface area contributed by atoms with Gasteiger partial charge in [-0.3, -0.25) is 0 Å². The number of benzene rings is 4. The molecule has 4 aromatic rings. The number of esters is 1. The Hall–Kier alpha value is -4.43. The molecule has 45 heavy (non-hydrogen) atoms. The molecule has 0 N–H and O–H groups in total. The lowest BCUT2D eigenvalue weighted by Gasteiger charge is -2.15. The smallest absolute Gasteiger partial charge is 0.416 e. The highest BCUT2D eigenvalue weighted by molar-refractivity contribution is 5.89. The number of allylic oxidation sites excluding steroid dienone is 1. The second-order valence-electron chi connectivity index (χ2n) is 10.8. The Kier molecular flexibility index (Phi) is 11.9. The molecule has 0 bridgehead atoms. The van der Waals surface area contributed by atoms with Gasteiger partial charge in [0.05, 0.1) is 24.8 Å². The molecule has 0 fully saturated rings. The Bertz CT molecular complexity index is 1540. The highest BCUT2D eigenvalue weighted by Gasteiger charge is 2.29. The first kappa shape index (κ1) is 33.5. The van der Waals surface area contributed by atoms with Crippen molar-refractivity contribution in [1.82, 2.24) is 0 Å². The first-order valence-electron chi connectivity index (χ1n) is 14.7. The van der Waals surface area contributed by atoms with E-state index in [2.05, 4.69) is 30.3 Å². The fourth-order valence-corrected chi connectivity index (χ4v) is 4.91. The number of aryl methyl sites for hydroxylation is 2. The fourth-order valence-electron chi connectivity index (χ4n) is 4.91. The molecule has 0 heterocycles. The molecule has 0 saturated heterocycles. The highest BCUT2D eigenvalue weighted by atomic mass is 19.4. The predicted molar refractivity (Wildman–Crippen MR) is 166 cm³/mol. The van der Waals surface area contributed by atoms with E-state index in [0.717, 1.165) is 48.9 Å². The van der Waals surface area contributed by atoms with E-state index in [-0.39, 0.29) is 18.5 Å². The minimum Gasteiger partial charge on any atom is -0.488 e. The van der Waals surface area contributed by atoms with Gasteiger partial charge >= 0.3 is 12.1 Å². The number of halogens is 4. The van der Waals surface area contributed by atoms with E-state index >= 15 is 0 Å². The molecule has 4 nitrogen and oxygen atoms in total. The molecular formula is C37H36F4O4. The summed E-state index contributed by atoms with van der Waals surface area (Å²) in [6, 6.07) is 24.6. The molecule has 0 aliphatic rings. The van der Waals surface area contributed by atoms with E-state index in [1.54, 1.807) is 19.2 Å². The maximum absolute atomic E-state index is 14.3. The molecule has 1 unspecified atom stereocenters. The van der Waals surface area contributed by atoms with Gasteiger partial charge < -0.3 is 14.2 Å². The monoisotopic (exact) mass is 620 g/mol. The number of ether oxygens (including phenoxy) is 3. The number of carbonyl (C=O) groups is 1. The van der Waals surface area contributed by atoms with E-state index in [4.69, 9.17) is 14.2 Å². The van der Waals surface area contributed by atoms with Gasteiger partial charge in [-0.15, -0.1) is 0 Å². The van der Waals surface area contributed by atoms with Crippen LogP contribution in [-0.2, 0) is 41.7 Å². The lowest BCUT2D eigenvalue weighted by molar-refractivity contribution is -0.137. The predicted octanol–water partition coefficient (Wildman–Crippen LogP) is 9.25. The van der Waals surface area contributed by atoms with Gasteiger partial charge in [0.1, 0.15) is 18.2 Å². The van der Waals surface area contributed by atoms with Crippen molar-refractivity contribution >= 4 is 12.0 Å². The van der Waals surface area contributed by atoms with Crippen molar-refractivity contribution in [2.75, 3.05) is 14.2 Å². The standard InChI is InChI=1S/C37H36F4O4/c1-43-24-29-9-7-26(8-10-29)3-4-27(5-6-28-11-16-31(17-12-28)36(42)44-2)13-18-32-23-34(38)21-22-35(32)45-25-30-14-19-33(20-15-30)37(39,40)41/h7-23,27H,3-6,24-25H2,1-2H3. The zero-order valence-electron chi connectivity index (χ0n) is 25.3. The molecule has 0 aromatic heterocycles. The number of alkyl halides is 3. The van der Waals surface area contributed by atoms with Gasteiger partial charge in [-0.1, -0.05) is 60.7 Å². The topological polar surface area (TPSA) is 44.8 Å². The third-order valence-corrected chi connectivity index (χ3v) is 7.51. The maximum Gasteiger partial charge on any atom is 0.416 e. The van der Waals surface area contributed by atoms with Crippen LogP contribution in [0.5, 0.6) is 5.75 Å². The maximum atomic E-state index is 14.3. The van der Waals surface area contributed by atoms with Crippen LogP contribution in [0.25, 0.3) is 6.08 Å². The van der Waals surface area contributed by atoms with Gasteiger partial charge in [-0.25, -0.2) is 9.18 Å². The Morgan fingerprint density at radius 2 is 1.31 bits per heavy atom. The Labute approximate surface area is 261 Å². The van der Waals surface area contributed by atoms with Gasteiger partial charge in [0, 0.05) is 12.7 Å². The fraction of sp³-hybridized carbons (Fsp3) is 0.270. The highest BCUT2D eigenvalue weighted by Crippen LogP contribution is 2.30. The molecule has 0 amide bonds. The van der Waals surface area contributed by atoms with E-state index < -0.39 is 17.6 Å². The first-order chi connectivity index (χ1) is 21.6. The molecule has 4 aromatic carbocycles. The van der Waals surface area contributed by atoms with Crippen molar-refractivity contribution in [3.8, 4) is 5.75 Å². The average molecular weight is 621 g/mol. The van der Waals surface area contributed by atoms with Crippen molar-refractivity contribution in [1.29, 1.82) is 0 Å². The molecule has 236 valence electrons. The molecule has 0 radical (unpaired) electrons. The third-order valence-electron chi connectivity index (χ3n) is 7.51. The van der Waals surface area contributed by atoms with E-state index in [1.807, 2.05) is 18.2 Å². The molecule has 0 spiro atoms. The number of carbonyl (C=O) groups excluding carboxylic acids is 1. The van der Waals surface area contributed by atoms with Crippen LogP contribution >= 0.6 is 0 Å². The van der Waals surface area contributed by atoms with Gasteiger partial charge in [0.2, 0.25) is 0 Å². The lowest BCUT2D eigenvalue weighted by Crippen LogP contribution is -2.05. The van der Waals surface area contributed by atoms with Crippen molar-refractivity contribution < 1.29 is 36.6 Å². The average Bonchev–Trinajstić information content (AvgIpc) is 3.04. The largest absolute Gasteiger partial charge is 0.488 e. The minimum absolute atomic E-state index is 0.0364. The van der Waals surface area contributed by atoms with E-state index in [9.17, 15) is 22.4 Å². The summed E-state index contributed by atoms with van der Waals surface area (Å²) in [4.78, 5) is 11.8. The third kappa shape index (κ3) is 10.3. The second kappa shape index (κ2) is 16.0. The summed E-state index contributed by atoms with van der Waals surface area (Å²) < 4.78 is 69.0. The molecule has 0 aliphatic carbocycles. The summed E-state index contributed by atoms with van der Waals surface area (Å²) >= 11 is 0. The van der Waals surface area contributed by atoms with Crippen LogP contribution < -0.4 is 4.74 Å². The SMILES string of the molecule is COCc1ccc(CCC(C=Cc2cc(F)ccc2OCc2ccc(C(F)(F)F)cc2)CCc2ccc(C(=O)OC)cc2)cc1. The Morgan fingerprint density at radius 1 is 0.756 bits per heavy atom. The van der Waals surface area contributed by atoms with Crippen LogP contribution in [0.15, 0.2) is 97.1 Å². The summed E-state index contributed by atoms with van der Waals surface area (Å²) in [5.74, 6) is -0.242. The summed E-state index contributed by atoms with van der Waals surface area (Å²) in [5.41, 5.74) is 4.24. The lowest BCUT2D eigenvalue weighted by atomic mass is 9.92. The van der Waals surface area contributed by atoms with Crippen LogP contribution in [0.2, 0.25) is 0 Å². The van der Waals surface area contributed by atoms with E-state index in [1.165, 1.54) is 43.0 Å². The molecule has 8 heteroatoms. The Morgan fingerprint density at radius 3 is 1.89 bits per heavy atom. The van der Waals surface area contributed by atoms with Crippen LogP contribution in [0.1, 0.15) is 56.6 Å². The Balaban J connectivity index is 1.48. The summed E-state index contributed by atoms with van der Waals surface area (Å²) in [7, 11) is 3.01. The van der Waals surface area contributed by atoms with Crippen molar-refractivity contribution in [2.24, 2.45) is 5.92 Å². The molecule has 4 rings (SSSR count). The van der Waals surface area contributed by atoms with E-state index in [0.29, 0.717) is 29.0 Å². The minimum atomic E-state index is -4.41. The van der Waals surface area contributed by atoms with Gasteiger partial charge in [-0.05, 0) is 96.3 Å². The number of hydrogen-bond acceptors (Lipinski definition) is 4. The molecule has 0 aliphatic heterocycles. The van der Waals surface area contributed by atoms with Gasteiger partial charge in [0.15, 0.2) is 0 Å². The summed E-state index contributed by atoms with van der Waals surface area (Å²) in [5, 5.41) is 0. The van der Waals surface area contributed by atoms with Gasteiger partial charge in [0.25, 0.3) is 0 Å². The number of rotatable bonds is 14. The molecular weight excluding hydrogens is 584 g/mol. The van der Waals surface area contributed by atoms with Crippen molar-refractivity contribution in [2.45, 2.75) is 45.1 Å². The zero-order chi connectivity index (χ0) is 32.2. The summed E-state index contributed by atoms with van der Waals surface area (Å²) in [6.45, 7) is 0.589. The van der Waals surface area contributed by atoms with Crippen LogP contribution in [-0.4, -0.2) is 20.2 Å². The molecule has 0 saturated carbocycles. The van der Waals surface area contributed by atoms with Crippen molar-refractivity contribution in [3.05, 3.63) is 142 Å².